The van der Waals surface area contributed by atoms with Gasteiger partial charge >= 0.3 is 0 Å². The summed E-state index contributed by atoms with van der Waals surface area (Å²) in [4.78, 5) is 32.5. The molecule has 0 radical (unpaired) electrons. The SMILES string of the molecule is CN(C)[C@H](CNC(=O)Cn1cnc2scc(-c3ccc(F)cc3)c2c1=O)c1ccco1. The van der Waals surface area contributed by atoms with Gasteiger partial charge in [0, 0.05) is 17.5 Å². The first-order chi connectivity index (χ1) is 14.9. The standard InChI is InChI=1S/C22H21FN4O3S/c1-26(2)17(18-4-3-9-30-18)10-24-19(28)11-27-13-25-21-20(22(27)29)16(12-31-21)14-5-7-15(23)8-6-14/h3-9,12-13,17H,10-11H2,1-2H3,(H,24,28)/t17-/m1/s1. The lowest BCUT2D eigenvalue weighted by Gasteiger charge is -2.22. The van der Waals surface area contributed by atoms with E-state index < -0.39 is 0 Å². The first kappa shape index (κ1) is 21.0. The van der Waals surface area contributed by atoms with Crippen LogP contribution < -0.4 is 10.9 Å². The monoisotopic (exact) mass is 440 g/mol. The number of amides is 1. The van der Waals surface area contributed by atoms with E-state index in [4.69, 9.17) is 4.42 Å². The first-order valence-corrected chi connectivity index (χ1v) is 10.5. The molecule has 0 spiro atoms. The number of likely N-dealkylation sites (N-methyl/N-ethyl adjacent to an activating group) is 1. The topological polar surface area (TPSA) is 80.4 Å². The predicted octanol–water partition coefficient (Wildman–Crippen LogP) is 3.28. The molecule has 1 N–H and O–H groups in total. The van der Waals surface area contributed by atoms with Crippen molar-refractivity contribution in [3.05, 3.63) is 76.3 Å². The zero-order valence-electron chi connectivity index (χ0n) is 17.0. The number of hydrogen-bond donors (Lipinski definition) is 1. The number of nitrogens with zero attached hydrogens (tertiary/aromatic N) is 3. The van der Waals surface area contributed by atoms with E-state index in [-0.39, 0.29) is 29.9 Å². The number of thiophene rings is 1. The highest BCUT2D eigenvalue weighted by Crippen LogP contribution is 2.30. The van der Waals surface area contributed by atoms with E-state index in [1.165, 1.54) is 34.4 Å². The second kappa shape index (κ2) is 8.83. The molecule has 9 heteroatoms. The Morgan fingerprint density at radius 1 is 1.29 bits per heavy atom. The van der Waals surface area contributed by atoms with Gasteiger partial charge in [0.05, 0.1) is 24.0 Å². The third kappa shape index (κ3) is 4.42. The minimum absolute atomic E-state index is 0.127. The molecule has 7 nitrogen and oxygen atoms in total. The van der Waals surface area contributed by atoms with Crippen LogP contribution in [-0.4, -0.2) is 41.0 Å². The number of rotatable bonds is 7. The normalized spacial score (nSPS) is 12.4. The molecule has 0 aliphatic heterocycles. The maximum absolute atomic E-state index is 13.3. The van der Waals surface area contributed by atoms with Crippen LogP contribution in [-0.2, 0) is 11.3 Å². The van der Waals surface area contributed by atoms with Crippen molar-refractivity contribution in [1.29, 1.82) is 0 Å². The van der Waals surface area contributed by atoms with E-state index in [0.29, 0.717) is 22.3 Å². The molecular weight excluding hydrogens is 419 g/mol. The van der Waals surface area contributed by atoms with Gasteiger partial charge in [-0.05, 0) is 43.9 Å². The highest BCUT2D eigenvalue weighted by molar-refractivity contribution is 7.17. The highest BCUT2D eigenvalue weighted by Gasteiger charge is 2.19. The molecule has 160 valence electrons. The predicted molar refractivity (Wildman–Crippen MR) is 117 cm³/mol. The fourth-order valence-electron chi connectivity index (χ4n) is 3.36. The smallest absolute Gasteiger partial charge is 0.263 e. The molecule has 3 heterocycles. The Bertz CT molecular complexity index is 1250. The Morgan fingerprint density at radius 2 is 2.06 bits per heavy atom. The molecular formula is C22H21FN4O3S. The summed E-state index contributed by atoms with van der Waals surface area (Å²) in [6, 6.07) is 9.47. The van der Waals surface area contributed by atoms with Crippen molar-refractivity contribution in [1.82, 2.24) is 19.8 Å². The number of aromatic nitrogens is 2. The van der Waals surface area contributed by atoms with Gasteiger partial charge in [-0.2, -0.15) is 0 Å². The van der Waals surface area contributed by atoms with Gasteiger partial charge in [0.15, 0.2) is 0 Å². The average Bonchev–Trinajstić information content (AvgIpc) is 3.41. The first-order valence-electron chi connectivity index (χ1n) is 9.63. The van der Waals surface area contributed by atoms with Crippen molar-refractivity contribution < 1.29 is 13.6 Å². The molecule has 31 heavy (non-hydrogen) atoms. The van der Waals surface area contributed by atoms with E-state index >= 15 is 0 Å². The Labute approximate surface area is 181 Å². The van der Waals surface area contributed by atoms with Crippen LogP contribution in [0.3, 0.4) is 0 Å². The van der Waals surface area contributed by atoms with Crippen LogP contribution in [0.2, 0.25) is 0 Å². The van der Waals surface area contributed by atoms with E-state index in [2.05, 4.69) is 10.3 Å². The van der Waals surface area contributed by atoms with Crippen LogP contribution in [0.15, 0.2) is 63.6 Å². The summed E-state index contributed by atoms with van der Waals surface area (Å²) >= 11 is 1.34. The van der Waals surface area contributed by atoms with Crippen molar-refractivity contribution in [3.8, 4) is 11.1 Å². The lowest BCUT2D eigenvalue weighted by molar-refractivity contribution is -0.122. The summed E-state index contributed by atoms with van der Waals surface area (Å²) in [5, 5.41) is 5.10. The molecule has 0 unspecified atom stereocenters. The van der Waals surface area contributed by atoms with Crippen LogP contribution in [0.5, 0.6) is 0 Å². The zero-order chi connectivity index (χ0) is 22.0. The number of carbonyl (C=O) groups is 1. The van der Waals surface area contributed by atoms with Crippen molar-refractivity contribution in [3.63, 3.8) is 0 Å². The number of hydrogen-bond acceptors (Lipinski definition) is 6. The Hall–Kier alpha value is -3.30. The van der Waals surface area contributed by atoms with Crippen LogP contribution >= 0.6 is 11.3 Å². The van der Waals surface area contributed by atoms with Gasteiger partial charge in [-0.25, -0.2) is 9.37 Å². The molecule has 4 rings (SSSR count). The third-order valence-electron chi connectivity index (χ3n) is 5.02. The molecule has 1 atom stereocenters. The molecule has 0 aliphatic rings. The fourth-order valence-corrected chi connectivity index (χ4v) is 4.27. The lowest BCUT2D eigenvalue weighted by Crippen LogP contribution is -2.37. The Morgan fingerprint density at radius 3 is 2.74 bits per heavy atom. The van der Waals surface area contributed by atoms with E-state index in [1.807, 2.05) is 30.4 Å². The Kier molecular flexibility index (Phi) is 5.97. The highest BCUT2D eigenvalue weighted by atomic mass is 32.1. The largest absolute Gasteiger partial charge is 0.468 e. The van der Waals surface area contributed by atoms with Crippen LogP contribution in [0.4, 0.5) is 4.39 Å². The van der Waals surface area contributed by atoms with Crippen molar-refractivity contribution in [2.45, 2.75) is 12.6 Å². The van der Waals surface area contributed by atoms with Crippen LogP contribution in [0, 0.1) is 5.82 Å². The number of fused-ring (bicyclic) bond motifs is 1. The number of furan rings is 1. The van der Waals surface area contributed by atoms with Crippen LogP contribution in [0.25, 0.3) is 21.3 Å². The minimum Gasteiger partial charge on any atom is -0.468 e. The van der Waals surface area contributed by atoms with Gasteiger partial charge in [0.25, 0.3) is 5.56 Å². The second-order valence-electron chi connectivity index (χ2n) is 7.31. The number of nitrogens with one attached hydrogen (secondary N) is 1. The quantitative estimate of drug-likeness (QED) is 0.477. The number of halogens is 1. The van der Waals surface area contributed by atoms with Gasteiger partial charge in [-0.3, -0.25) is 19.1 Å². The third-order valence-corrected chi connectivity index (χ3v) is 5.90. The van der Waals surface area contributed by atoms with E-state index in [1.54, 1.807) is 24.5 Å². The number of carbonyl (C=O) groups excluding carboxylic acids is 1. The van der Waals surface area contributed by atoms with Crippen molar-refractivity contribution >= 4 is 27.5 Å². The molecule has 1 aromatic carbocycles. The van der Waals surface area contributed by atoms with Crippen LogP contribution in [0.1, 0.15) is 11.8 Å². The van der Waals surface area contributed by atoms with Gasteiger partial charge in [0.2, 0.25) is 5.91 Å². The summed E-state index contributed by atoms with van der Waals surface area (Å²) in [5.41, 5.74) is 1.09. The molecule has 4 aromatic rings. The summed E-state index contributed by atoms with van der Waals surface area (Å²) in [6.07, 6.45) is 2.97. The lowest BCUT2D eigenvalue weighted by atomic mass is 10.1. The molecule has 0 aliphatic carbocycles. The Balaban J connectivity index is 1.54. The maximum Gasteiger partial charge on any atom is 0.263 e. The van der Waals surface area contributed by atoms with Gasteiger partial charge < -0.3 is 9.73 Å². The maximum atomic E-state index is 13.3. The molecule has 0 bridgehead atoms. The van der Waals surface area contributed by atoms with Gasteiger partial charge in [0.1, 0.15) is 23.0 Å². The van der Waals surface area contributed by atoms with Gasteiger partial charge in [-0.1, -0.05) is 12.1 Å². The van der Waals surface area contributed by atoms with E-state index in [9.17, 15) is 14.0 Å². The summed E-state index contributed by atoms with van der Waals surface area (Å²) < 4.78 is 20.0. The summed E-state index contributed by atoms with van der Waals surface area (Å²) in [6.45, 7) is 0.182. The molecule has 0 fully saturated rings. The molecule has 0 saturated heterocycles. The molecule has 1 amide bonds. The number of benzene rings is 1. The summed E-state index contributed by atoms with van der Waals surface area (Å²) in [5.74, 6) is 0.0917. The van der Waals surface area contributed by atoms with Crippen molar-refractivity contribution in [2.24, 2.45) is 0 Å². The average molecular weight is 441 g/mol. The van der Waals surface area contributed by atoms with E-state index in [0.717, 1.165) is 11.3 Å². The summed E-state index contributed by atoms with van der Waals surface area (Å²) in [7, 11) is 3.80. The minimum atomic E-state index is -0.346. The molecule has 3 aromatic heterocycles. The molecule has 0 saturated carbocycles. The zero-order valence-corrected chi connectivity index (χ0v) is 17.9. The fraction of sp³-hybridized carbons (Fsp3) is 0.227. The van der Waals surface area contributed by atoms with Crippen molar-refractivity contribution in [2.75, 3.05) is 20.6 Å². The van der Waals surface area contributed by atoms with Gasteiger partial charge in [-0.15, -0.1) is 11.3 Å². The second-order valence-corrected chi connectivity index (χ2v) is 8.17.